The van der Waals surface area contributed by atoms with Crippen LogP contribution in [0.3, 0.4) is 0 Å². The summed E-state index contributed by atoms with van der Waals surface area (Å²) in [4.78, 5) is 14.1. The fourth-order valence-electron chi connectivity index (χ4n) is 3.16. The monoisotopic (exact) mass is 438 g/mol. The van der Waals surface area contributed by atoms with Crippen LogP contribution in [0.2, 0.25) is 0 Å². The molecule has 28 heavy (non-hydrogen) atoms. The average molecular weight is 439 g/mol. The van der Waals surface area contributed by atoms with Crippen molar-refractivity contribution in [2.24, 2.45) is 0 Å². The zero-order chi connectivity index (χ0) is 20.0. The Morgan fingerprint density at radius 1 is 1.21 bits per heavy atom. The van der Waals surface area contributed by atoms with Gasteiger partial charge in [0.05, 0.1) is 4.90 Å². The molecule has 8 heteroatoms. The lowest BCUT2D eigenvalue weighted by Crippen LogP contribution is -2.35. The molecule has 3 rings (SSSR count). The Labute approximate surface area is 175 Å². The van der Waals surface area contributed by atoms with Crippen LogP contribution in [0.1, 0.15) is 40.1 Å². The number of piperidine rings is 1. The van der Waals surface area contributed by atoms with Crippen molar-refractivity contribution in [2.75, 3.05) is 25.4 Å². The summed E-state index contributed by atoms with van der Waals surface area (Å²) in [5, 5.41) is 4.97. The SMILES string of the molecule is Cc1ccc(S(=O)(=O)N2CCCCC2)cc1C(=O)NCCSCc1cccs1. The summed E-state index contributed by atoms with van der Waals surface area (Å²) in [6.07, 6.45) is 2.85. The molecule has 1 aromatic carbocycles. The van der Waals surface area contributed by atoms with Gasteiger partial charge in [0.15, 0.2) is 0 Å². The minimum Gasteiger partial charge on any atom is -0.351 e. The first-order valence-corrected chi connectivity index (χ1v) is 12.9. The number of nitrogens with one attached hydrogen (secondary N) is 1. The van der Waals surface area contributed by atoms with Crippen molar-refractivity contribution < 1.29 is 13.2 Å². The number of thiophene rings is 1. The van der Waals surface area contributed by atoms with Crippen LogP contribution in [0.5, 0.6) is 0 Å². The number of rotatable bonds is 8. The number of thioether (sulfide) groups is 1. The van der Waals surface area contributed by atoms with Gasteiger partial charge < -0.3 is 5.32 Å². The molecule has 1 aliphatic heterocycles. The standard InChI is InChI=1S/C20H26N2O3S3/c1-16-7-8-18(28(24,25)22-10-3-2-4-11-22)14-19(16)20(23)21-9-13-26-15-17-6-5-12-27-17/h5-8,12,14H,2-4,9-11,13,15H2,1H3,(H,21,23). The molecule has 0 saturated carbocycles. The van der Waals surface area contributed by atoms with Gasteiger partial charge in [-0.25, -0.2) is 8.42 Å². The van der Waals surface area contributed by atoms with E-state index in [4.69, 9.17) is 0 Å². The van der Waals surface area contributed by atoms with Crippen LogP contribution in [0.15, 0.2) is 40.6 Å². The third-order valence-corrected chi connectivity index (χ3v) is 8.72. The summed E-state index contributed by atoms with van der Waals surface area (Å²) in [6.45, 7) is 3.49. The molecule has 0 radical (unpaired) electrons. The van der Waals surface area contributed by atoms with Crippen LogP contribution in [-0.2, 0) is 15.8 Å². The van der Waals surface area contributed by atoms with Gasteiger partial charge in [-0.1, -0.05) is 18.6 Å². The molecule has 152 valence electrons. The molecule has 0 aliphatic carbocycles. The van der Waals surface area contributed by atoms with Crippen LogP contribution in [0, 0.1) is 6.92 Å². The number of hydrogen-bond donors (Lipinski definition) is 1. The molecule has 0 unspecified atom stereocenters. The first kappa shape index (κ1) is 21.4. The van der Waals surface area contributed by atoms with Gasteiger partial charge in [-0.2, -0.15) is 16.1 Å². The zero-order valence-electron chi connectivity index (χ0n) is 16.0. The number of sulfonamides is 1. The van der Waals surface area contributed by atoms with E-state index in [1.165, 1.54) is 15.2 Å². The number of carbonyl (C=O) groups is 1. The van der Waals surface area contributed by atoms with Crippen molar-refractivity contribution in [1.82, 2.24) is 9.62 Å². The first-order chi connectivity index (χ1) is 13.5. The lowest BCUT2D eigenvalue weighted by Gasteiger charge is -2.26. The van der Waals surface area contributed by atoms with E-state index in [-0.39, 0.29) is 10.8 Å². The van der Waals surface area contributed by atoms with Gasteiger partial charge in [-0.05, 0) is 48.9 Å². The second-order valence-corrected chi connectivity index (χ2v) is 10.9. The van der Waals surface area contributed by atoms with Gasteiger partial charge in [0.1, 0.15) is 0 Å². The smallest absolute Gasteiger partial charge is 0.251 e. The van der Waals surface area contributed by atoms with Crippen molar-refractivity contribution in [3.8, 4) is 0 Å². The van der Waals surface area contributed by atoms with Crippen molar-refractivity contribution >= 4 is 39.0 Å². The van der Waals surface area contributed by atoms with Crippen LogP contribution < -0.4 is 5.32 Å². The maximum Gasteiger partial charge on any atom is 0.251 e. The zero-order valence-corrected chi connectivity index (χ0v) is 18.5. The molecule has 0 spiro atoms. The van der Waals surface area contributed by atoms with Gasteiger partial charge >= 0.3 is 0 Å². The largest absolute Gasteiger partial charge is 0.351 e. The number of aryl methyl sites for hydroxylation is 1. The fourth-order valence-corrected chi connectivity index (χ4v) is 6.40. The molecule has 0 bridgehead atoms. The summed E-state index contributed by atoms with van der Waals surface area (Å²) in [6, 6.07) is 8.99. The average Bonchev–Trinajstić information content (AvgIpc) is 3.22. The highest BCUT2D eigenvalue weighted by molar-refractivity contribution is 7.98. The molecule has 1 aliphatic rings. The Bertz CT molecular complexity index is 889. The fraction of sp³-hybridized carbons (Fsp3) is 0.450. The quantitative estimate of drug-likeness (QED) is 0.635. The summed E-state index contributed by atoms with van der Waals surface area (Å²) in [5.41, 5.74) is 1.21. The lowest BCUT2D eigenvalue weighted by molar-refractivity contribution is 0.0955. The van der Waals surface area contributed by atoms with E-state index in [0.29, 0.717) is 25.2 Å². The van der Waals surface area contributed by atoms with Gasteiger partial charge in [0.25, 0.3) is 5.91 Å². The Morgan fingerprint density at radius 2 is 2.00 bits per heavy atom. The van der Waals surface area contributed by atoms with Crippen molar-refractivity contribution in [3.05, 3.63) is 51.7 Å². The second-order valence-electron chi connectivity index (χ2n) is 6.83. The Hall–Kier alpha value is -1.35. The van der Waals surface area contributed by atoms with Crippen LogP contribution in [0.25, 0.3) is 0 Å². The molecule has 2 aromatic rings. The third kappa shape index (κ3) is 5.37. The van der Waals surface area contributed by atoms with Gasteiger partial charge in [-0.15, -0.1) is 11.3 Å². The minimum atomic E-state index is -3.54. The van der Waals surface area contributed by atoms with Crippen molar-refractivity contribution in [1.29, 1.82) is 0 Å². The molecule has 2 heterocycles. The lowest BCUT2D eigenvalue weighted by atomic mass is 10.1. The highest BCUT2D eigenvalue weighted by Gasteiger charge is 2.27. The van der Waals surface area contributed by atoms with Crippen LogP contribution >= 0.6 is 23.1 Å². The predicted octanol–water partition coefficient (Wildman–Crippen LogP) is 3.89. The predicted molar refractivity (Wildman–Crippen MR) is 117 cm³/mol. The molecule has 1 fully saturated rings. The molecule has 1 amide bonds. The van der Waals surface area contributed by atoms with E-state index in [1.807, 2.05) is 13.0 Å². The number of hydrogen-bond acceptors (Lipinski definition) is 5. The van der Waals surface area contributed by atoms with E-state index < -0.39 is 10.0 Å². The van der Waals surface area contributed by atoms with Gasteiger partial charge in [0, 0.05) is 41.6 Å². The Kier molecular flexibility index (Phi) is 7.56. The number of amides is 1. The molecule has 1 saturated heterocycles. The third-order valence-electron chi connectivity index (χ3n) is 4.76. The summed E-state index contributed by atoms with van der Waals surface area (Å²) in [5.74, 6) is 1.54. The van der Waals surface area contributed by atoms with E-state index >= 15 is 0 Å². The van der Waals surface area contributed by atoms with Crippen LogP contribution in [0.4, 0.5) is 0 Å². The highest BCUT2D eigenvalue weighted by atomic mass is 32.2. The second kappa shape index (κ2) is 9.91. The minimum absolute atomic E-state index is 0.206. The maximum absolute atomic E-state index is 12.9. The van der Waals surface area contributed by atoms with E-state index in [2.05, 4.69) is 16.8 Å². The molecule has 0 atom stereocenters. The first-order valence-electron chi connectivity index (χ1n) is 9.47. The van der Waals surface area contributed by atoms with Gasteiger partial charge in [0.2, 0.25) is 10.0 Å². The van der Waals surface area contributed by atoms with Crippen LogP contribution in [-0.4, -0.2) is 44.0 Å². The number of carbonyl (C=O) groups excluding carboxylic acids is 1. The molecular formula is C20H26N2O3S3. The van der Waals surface area contributed by atoms with E-state index in [9.17, 15) is 13.2 Å². The van der Waals surface area contributed by atoms with E-state index in [0.717, 1.165) is 36.3 Å². The number of benzene rings is 1. The highest BCUT2D eigenvalue weighted by Crippen LogP contribution is 2.23. The summed E-state index contributed by atoms with van der Waals surface area (Å²) >= 11 is 3.50. The molecule has 1 aromatic heterocycles. The van der Waals surface area contributed by atoms with Crippen molar-refractivity contribution in [3.63, 3.8) is 0 Å². The molecular weight excluding hydrogens is 412 g/mol. The Balaban J connectivity index is 1.59. The molecule has 5 nitrogen and oxygen atoms in total. The normalized spacial score (nSPS) is 15.5. The van der Waals surface area contributed by atoms with Crippen molar-refractivity contribution in [2.45, 2.75) is 36.8 Å². The van der Waals surface area contributed by atoms with Gasteiger partial charge in [-0.3, -0.25) is 4.79 Å². The van der Waals surface area contributed by atoms with E-state index in [1.54, 1.807) is 35.2 Å². The maximum atomic E-state index is 12.9. The summed E-state index contributed by atoms with van der Waals surface area (Å²) < 4.78 is 27.3. The topological polar surface area (TPSA) is 66.5 Å². The summed E-state index contributed by atoms with van der Waals surface area (Å²) in [7, 11) is -3.54. The molecule has 1 N–H and O–H groups in total. The number of nitrogens with zero attached hydrogens (tertiary/aromatic N) is 1. The Morgan fingerprint density at radius 3 is 2.71 bits per heavy atom.